The van der Waals surface area contributed by atoms with E-state index in [4.69, 9.17) is 0 Å². The smallest absolute Gasteiger partial charge is 0.228 e. The third-order valence-electron chi connectivity index (χ3n) is 4.67. The molecule has 8 heteroatoms. The molecule has 2 atom stereocenters. The van der Waals surface area contributed by atoms with Gasteiger partial charge < -0.3 is 9.80 Å². The van der Waals surface area contributed by atoms with E-state index in [9.17, 15) is 22.4 Å². The lowest BCUT2D eigenvalue weighted by atomic mass is 10.1. The molecule has 0 saturated carbocycles. The molecule has 0 N–H and O–H groups in total. The van der Waals surface area contributed by atoms with E-state index in [0.29, 0.717) is 18.7 Å². The minimum absolute atomic E-state index is 0.0935. The second-order valence-electron chi connectivity index (χ2n) is 6.41. The molecule has 6 nitrogen and oxygen atoms in total. The number of halogens is 1. The zero-order chi connectivity index (χ0) is 17.5. The maximum Gasteiger partial charge on any atom is 0.228 e. The Labute approximate surface area is 140 Å². The first-order valence-electron chi connectivity index (χ1n) is 7.79. The van der Waals surface area contributed by atoms with Gasteiger partial charge in [0.05, 0.1) is 11.2 Å². The molecular weight excluding hydrogens is 335 g/mol. The van der Waals surface area contributed by atoms with Gasteiger partial charge in [0.15, 0.2) is 9.84 Å². The van der Waals surface area contributed by atoms with Crippen LogP contribution in [0.2, 0.25) is 0 Å². The number of hydrogen-bond donors (Lipinski definition) is 0. The van der Waals surface area contributed by atoms with Crippen molar-refractivity contribution in [1.29, 1.82) is 0 Å². The number of anilines is 1. The Morgan fingerprint density at radius 1 is 1.21 bits per heavy atom. The van der Waals surface area contributed by atoms with E-state index in [2.05, 4.69) is 0 Å². The van der Waals surface area contributed by atoms with Crippen molar-refractivity contribution in [3.63, 3.8) is 0 Å². The molecule has 0 aliphatic carbocycles. The molecule has 24 heavy (non-hydrogen) atoms. The van der Waals surface area contributed by atoms with Crippen molar-refractivity contribution in [1.82, 2.24) is 4.90 Å². The summed E-state index contributed by atoms with van der Waals surface area (Å²) in [6.07, 6.45) is 1.71. The van der Waals surface area contributed by atoms with Crippen LogP contribution in [-0.4, -0.2) is 56.3 Å². The Kier molecular flexibility index (Phi) is 4.33. The van der Waals surface area contributed by atoms with Crippen molar-refractivity contribution in [2.75, 3.05) is 30.8 Å². The highest BCUT2D eigenvalue weighted by molar-refractivity contribution is 7.91. The van der Waals surface area contributed by atoms with Gasteiger partial charge >= 0.3 is 0 Å². The van der Waals surface area contributed by atoms with Crippen LogP contribution in [0.4, 0.5) is 10.1 Å². The lowest BCUT2D eigenvalue weighted by molar-refractivity contribution is -0.134. The molecule has 2 amide bonds. The van der Waals surface area contributed by atoms with Crippen molar-refractivity contribution >= 4 is 27.3 Å². The standard InChI is InChI=1S/C16H19FN2O4S/c1-24(22,23)14-6-7-18(10-14)16(21)11-8-15(20)19(9-11)13-4-2-12(17)3-5-13/h2-5,11,14H,6-10H2,1H3. The predicted octanol–water partition coefficient (Wildman–Crippen LogP) is 0.824. The Hall–Kier alpha value is -1.96. The number of benzene rings is 1. The molecule has 0 spiro atoms. The first kappa shape index (κ1) is 16.9. The van der Waals surface area contributed by atoms with Crippen LogP contribution >= 0.6 is 0 Å². The van der Waals surface area contributed by atoms with Crippen LogP contribution in [0.25, 0.3) is 0 Å². The van der Waals surface area contributed by atoms with Crippen molar-refractivity contribution in [2.45, 2.75) is 18.1 Å². The molecule has 2 aliphatic heterocycles. The van der Waals surface area contributed by atoms with Crippen molar-refractivity contribution in [3.05, 3.63) is 30.1 Å². The molecule has 0 bridgehead atoms. The molecular formula is C16H19FN2O4S. The van der Waals surface area contributed by atoms with Gasteiger partial charge in [0.2, 0.25) is 11.8 Å². The van der Waals surface area contributed by atoms with Crippen LogP contribution in [0, 0.1) is 11.7 Å². The topological polar surface area (TPSA) is 74.8 Å². The predicted molar refractivity (Wildman–Crippen MR) is 86.7 cm³/mol. The number of likely N-dealkylation sites (tertiary alicyclic amines) is 1. The van der Waals surface area contributed by atoms with Crippen LogP contribution in [0.5, 0.6) is 0 Å². The molecule has 2 unspecified atom stereocenters. The number of nitrogens with zero attached hydrogens (tertiary/aromatic N) is 2. The Morgan fingerprint density at radius 3 is 2.46 bits per heavy atom. The van der Waals surface area contributed by atoms with Gasteiger partial charge in [0, 0.05) is 38.0 Å². The lowest BCUT2D eigenvalue weighted by Gasteiger charge is -2.21. The van der Waals surface area contributed by atoms with Gasteiger partial charge in [-0.25, -0.2) is 12.8 Å². The van der Waals surface area contributed by atoms with Gasteiger partial charge in [0.1, 0.15) is 5.82 Å². The van der Waals surface area contributed by atoms with Gasteiger partial charge in [-0.05, 0) is 30.7 Å². The van der Waals surface area contributed by atoms with Crippen LogP contribution < -0.4 is 4.90 Å². The van der Waals surface area contributed by atoms with E-state index >= 15 is 0 Å². The number of carbonyl (C=O) groups excluding carboxylic acids is 2. The van der Waals surface area contributed by atoms with E-state index in [-0.39, 0.29) is 37.1 Å². The van der Waals surface area contributed by atoms with Crippen LogP contribution in [0.1, 0.15) is 12.8 Å². The van der Waals surface area contributed by atoms with Crippen LogP contribution in [0.3, 0.4) is 0 Å². The molecule has 0 radical (unpaired) electrons. The Morgan fingerprint density at radius 2 is 1.88 bits per heavy atom. The summed E-state index contributed by atoms with van der Waals surface area (Å²) >= 11 is 0. The molecule has 130 valence electrons. The van der Waals surface area contributed by atoms with Gasteiger partial charge in [-0.1, -0.05) is 0 Å². The van der Waals surface area contributed by atoms with Gasteiger partial charge in [-0.3, -0.25) is 9.59 Å². The molecule has 3 rings (SSSR count). The number of sulfone groups is 1. The normalized spacial score (nSPS) is 24.7. The quantitative estimate of drug-likeness (QED) is 0.806. The first-order chi connectivity index (χ1) is 11.3. The van der Waals surface area contributed by atoms with Crippen molar-refractivity contribution in [2.24, 2.45) is 5.92 Å². The molecule has 2 saturated heterocycles. The summed E-state index contributed by atoms with van der Waals surface area (Å²) in [5.74, 6) is -1.24. The zero-order valence-electron chi connectivity index (χ0n) is 13.3. The molecule has 2 aliphatic rings. The summed E-state index contributed by atoms with van der Waals surface area (Å²) in [5.41, 5.74) is 0.562. The Balaban J connectivity index is 1.67. The summed E-state index contributed by atoms with van der Waals surface area (Å²) in [4.78, 5) is 27.8. The van der Waals surface area contributed by atoms with E-state index in [1.54, 1.807) is 0 Å². The number of amides is 2. The van der Waals surface area contributed by atoms with E-state index in [1.165, 1.54) is 40.3 Å². The second kappa shape index (κ2) is 6.16. The highest BCUT2D eigenvalue weighted by Crippen LogP contribution is 2.28. The molecule has 1 aromatic rings. The zero-order valence-corrected chi connectivity index (χ0v) is 14.1. The highest BCUT2D eigenvalue weighted by atomic mass is 32.2. The summed E-state index contributed by atoms with van der Waals surface area (Å²) in [6.45, 7) is 0.833. The first-order valence-corrected chi connectivity index (χ1v) is 9.75. The second-order valence-corrected chi connectivity index (χ2v) is 8.73. The van der Waals surface area contributed by atoms with Crippen molar-refractivity contribution < 1.29 is 22.4 Å². The fourth-order valence-corrected chi connectivity index (χ4v) is 4.26. The summed E-state index contributed by atoms with van der Waals surface area (Å²) in [7, 11) is -3.17. The number of hydrogen-bond acceptors (Lipinski definition) is 4. The van der Waals surface area contributed by atoms with Crippen LogP contribution in [-0.2, 0) is 19.4 Å². The minimum Gasteiger partial charge on any atom is -0.341 e. The average molecular weight is 354 g/mol. The fourth-order valence-electron chi connectivity index (χ4n) is 3.28. The number of carbonyl (C=O) groups is 2. The van der Waals surface area contributed by atoms with E-state index in [0.717, 1.165) is 0 Å². The monoisotopic (exact) mass is 354 g/mol. The molecule has 2 fully saturated rings. The SMILES string of the molecule is CS(=O)(=O)C1CCN(C(=O)C2CC(=O)N(c3ccc(F)cc3)C2)C1. The van der Waals surface area contributed by atoms with Crippen LogP contribution in [0.15, 0.2) is 24.3 Å². The van der Waals surface area contributed by atoms with E-state index in [1.807, 2.05) is 0 Å². The largest absolute Gasteiger partial charge is 0.341 e. The maximum absolute atomic E-state index is 13.0. The van der Waals surface area contributed by atoms with Gasteiger partial charge in [-0.15, -0.1) is 0 Å². The molecule has 2 heterocycles. The highest BCUT2D eigenvalue weighted by Gasteiger charge is 2.40. The lowest BCUT2D eigenvalue weighted by Crippen LogP contribution is -2.37. The summed E-state index contributed by atoms with van der Waals surface area (Å²) in [6, 6.07) is 5.56. The molecule has 1 aromatic carbocycles. The number of rotatable bonds is 3. The molecule has 0 aromatic heterocycles. The summed E-state index contributed by atoms with van der Waals surface area (Å²) in [5, 5.41) is -0.522. The average Bonchev–Trinajstić information content (AvgIpc) is 3.14. The minimum atomic E-state index is -3.17. The summed E-state index contributed by atoms with van der Waals surface area (Å²) < 4.78 is 36.2. The van der Waals surface area contributed by atoms with Crippen molar-refractivity contribution in [3.8, 4) is 0 Å². The third-order valence-corrected chi connectivity index (χ3v) is 6.27. The fraction of sp³-hybridized carbons (Fsp3) is 0.500. The Bertz CT molecular complexity index is 763. The van der Waals surface area contributed by atoms with E-state index < -0.39 is 21.0 Å². The van der Waals surface area contributed by atoms with Gasteiger partial charge in [0.25, 0.3) is 0 Å². The van der Waals surface area contributed by atoms with Gasteiger partial charge in [-0.2, -0.15) is 0 Å². The third kappa shape index (κ3) is 3.28. The maximum atomic E-state index is 13.0.